The Hall–Kier alpha value is -2.43. The normalized spacial score (nSPS) is 31.6. The first-order chi connectivity index (χ1) is 14.6. The zero-order valence-electron chi connectivity index (χ0n) is 17.5. The summed E-state index contributed by atoms with van der Waals surface area (Å²) in [5.41, 5.74) is 3.16. The molecule has 4 fully saturated rings. The number of carbonyl (C=O) groups excluding carboxylic acids is 2. The second-order valence-corrected chi connectivity index (χ2v) is 9.98. The quantitative estimate of drug-likeness (QED) is 0.761. The van der Waals surface area contributed by atoms with Crippen LogP contribution in [-0.4, -0.2) is 39.2 Å². The number of imidazole rings is 1. The number of aromatic nitrogens is 2. The minimum absolute atomic E-state index is 0.0559. The van der Waals surface area contributed by atoms with Crippen molar-refractivity contribution in [3.8, 4) is 11.3 Å². The molecule has 2 bridgehead atoms. The lowest BCUT2D eigenvalue weighted by Gasteiger charge is -2.52. The minimum atomic E-state index is -0.217. The number of amides is 1. The smallest absolute Gasteiger partial charge is 0.228 e. The summed E-state index contributed by atoms with van der Waals surface area (Å²) < 4.78 is 2.17. The molecule has 0 spiro atoms. The number of hydrogen-bond donors (Lipinski definition) is 0. The van der Waals surface area contributed by atoms with E-state index >= 15 is 0 Å². The molecule has 1 atom stereocenters. The standard InChI is InChI=1S/C25H29N3O2/c29-22(15-20-18-5-1-2-6-19(18)21-16-26-17-28(20)21)24-7-10-25(11-8-24,12-9-24)23(30)27-13-3-4-14-27/h1-2,5-6,16-17,20H,3-4,7-15H2. The molecular formula is C25H29N3O2. The molecule has 0 radical (unpaired) electrons. The third kappa shape index (κ3) is 2.50. The van der Waals surface area contributed by atoms with E-state index in [9.17, 15) is 9.59 Å². The van der Waals surface area contributed by atoms with Crippen LogP contribution in [0.1, 0.15) is 69.4 Å². The molecule has 2 aromatic rings. The highest BCUT2D eigenvalue weighted by Gasteiger charge is 2.56. The number of likely N-dealkylation sites (tertiary alicyclic amines) is 1. The highest BCUT2D eigenvalue weighted by Crippen LogP contribution is 2.59. The summed E-state index contributed by atoms with van der Waals surface area (Å²) in [5, 5.41) is 0. The molecule has 7 rings (SSSR count). The van der Waals surface area contributed by atoms with E-state index < -0.39 is 0 Å². The van der Waals surface area contributed by atoms with Crippen molar-refractivity contribution in [3.63, 3.8) is 0 Å². The van der Waals surface area contributed by atoms with Gasteiger partial charge in [-0.15, -0.1) is 0 Å². The number of ketones is 1. The van der Waals surface area contributed by atoms with Gasteiger partial charge in [-0.25, -0.2) is 4.98 Å². The van der Waals surface area contributed by atoms with Crippen molar-refractivity contribution in [1.29, 1.82) is 0 Å². The van der Waals surface area contributed by atoms with Gasteiger partial charge in [0, 0.05) is 35.9 Å². The number of hydrogen-bond acceptors (Lipinski definition) is 3. The Morgan fingerprint density at radius 2 is 1.63 bits per heavy atom. The van der Waals surface area contributed by atoms with Crippen LogP contribution in [0.2, 0.25) is 0 Å². The summed E-state index contributed by atoms with van der Waals surface area (Å²) in [6.45, 7) is 1.86. The van der Waals surface area contributed by atoms with Gasteiger partial charge in [0.1, 0.15) is 5.78 Å². The summed E-state index contributed by atoms with van der Waals surface area (Å²) in [6, 6.07) is 8.46. The van der Waals surface area contributed by atoms with Crippen molar-refractivity contribution >= 4 is 11.7 Å². The Morgan fingerprint density at radius 1 is 0.967 bits per heavy atom. The SMILES string of the molecule is O=C(CC1c2ccccc2-c2cncn21)C12CCC(C(=O)N3CCCC3)(CC1)CC2. The van der Waals surface area contributed by atoms with Gasteiger partial charge in [0.25, 0.3) is 0 Å². The van der Waals surface area contributed by atoms with Gasteiger partial charge in [-0.3, -0.25) is 9.59 Å². The summed E-state index contributed by atoms with van der Waals surface area (Å²) in [6.07, 6.45) is 11.9. The fourth-order valence-corrected chi connectivity index (χ4v) is 6.71. The molecular weight excluding hydrogens is 374 g/mol. The number of carbonyl (C=O) groups is 2. The molecule has 1 amide bonds. The maximum atomic E-state index is 13.7. The van der Waals surface area contributed by atoms with Gasteiger partial charge < -0.3 is 9.47 Å². The first kappa shape index (κ1) is 18.3. The summed E-state index contributed by atoms with van der Waals surface area (Å²) in [5.74, 6) is 0.777. The molecule has 1 aromatic heterocycles. The highest BCUT2D eigenvalue weighted by molar-refractivity contribution is 5.89. The topological polar surface area (TPSA) is 55.2 Å². The van der Waals surface area contributed by atoms with E-state index in [4.69, 9.17) is 0 Å². The summed E-state index contributed by atoms with van der Waals surface area (Å²) in [7, 11) is 0. The number of rotatable bonds is 4. The average Bonchev–Trinajstić information content (AvgIpc) is 3.54. The van der Waals surface area contributed by atoms with Crippen LogP contribution < -0.4 is 0 Å². The van der Waals surface area contributed by atoms with Crippen LogP contribution in [0.15, 0.2) is 36.8 Å². The van der Waals surface area contributed by atoms with E-state index in [-0.39, 0.29) is 16.9 Å². The molecule has 5 heteroatoms. The van der Waals surface area contributed by atoms with Crippen LogP contribution in [0.4, 0.5) is 0 Å². The Balaban J connectivity index is 1.21. The number of benzene rings is 1. The maximum absolute atomic E-state index is 13.7. The average molecular weight is 404 g/mol. The van der Waals surface area contributed by atoms with Crippen molar-refractivity contribution in [2.45, 2.75) is 63.8 Å². The van der Waals surface area contributed by atoms with Crippen molar-refractivity contribution in [3.05, 3.63) is 42.4 Å². The van der Waals surface area contributed by atoms with E-state index in [1.54, 1.807) is 0 Å². The molecule has 1 aromatic carbocycles. The van der Waals surface area contributed by atoms with Crippen LogP contribution >= 0.6 is 0 Å². The molecule has 3 saturated carbocycles. The molecule has 5 aliphatic rings. The highest BCUT2D eigenvalue weighted by atomic mass is 16.2. The molecule has 3 heterocycles. The molecule has 156 valence electrons. The third-order valence-electron chi connectivity index (χ3n) is 8.66. The monoisotopic (exact) mass is 403 g/mol. The van der Waals surface area contributed by atoms with E-state index in [0.29, 0.717) is 18.1 Å². The first-order valence-electron chi connectivity index (χ1n) is 11.6. The Morgan fingerprint density at radius 3 is 2.37 bits per heavy atom. The van der Waals surface area contributed by atoms with E-state index in [1.807, 2.05) is 12.5 Å². The fraction of sp³-hybridized carbons (Fsp3) is 0.560. The maximum Gasteiger partial charge on any atom is 0.228 e. The fourth-order valence-electron chi connectivity index (χ4n) is 6.71. The van der Waals surface area contributed by atoms with Crippen LogP contribution in [0.3, 0.4) is 0 Å². The van der Waals surface area contributed by atoms with Gasteiger partial charge >= 0.3 is 0 Å². The van der Waals surface area contributed by atoms with E-state index in [0.717, 1.165) is 70.2 Å². The minimum Gasteiger partial charge on any atom is -0.342 e. The number of nitrogens with zero attached hydrogens (tertiary/aromatic N) is 3. The van der Waals surface area contributed by atoms with Gasteiger partial charge in [-0.1, -0.05) is 24.3 Å². The van der Waals surface area contributed by atoms with Crippen LogP contribution in [0.5, 0.6) is 0 Å². The first-order valence-corrected chi connectivity index (χ1v) is 11.6. The second kappa shape index (κ2) is 6.53. The van der Waals surface area contributed by atoms with Gasteiger partial charge in [0.15, 0.2) is 0 Å². The number of fused-ring (bicyclic) bond motifs is 6. The van der Waals surface area contributed by atoms with Gasteiger partial charge in [-0.05, 0) is 56.9 Å². The molecule has 1 saturated heterocycles. The Labute approximate surface area is 177 Å². The van der Waals surface area contributed by atoms with Crippen molar-refractivity contribution in [2.75, 3.05) is 13.1 Å². The van der Waals surface area contributed by atoms with E-state index in [2.05, 4.69) is 38.7 Å². The lowest BCUT2D eigenvalue weighted by molar-refractivity contribution is -0.156. The van der Waals surface area contributed by atoms with Crippen molar-refractivity contribution in [2.24, 2.45) is 10.8 Å². The van der Waals surface area contributed by atoms with Crippen LogP contribution in [-0.2, 0) is 9.59 Å². The molecule has 0 N–H and O–H groups in total. The lowest BCUT2D eigenvalue weighted by Crippen LogP contribution is -2.53. The zero-order chi connectivity index (χ0) is 20.3. The summed E-state index contributed by atoms with van der Waals surface area (Å²) >= 11 is 0. The lowest BCUT2D eigenvalue weighted by atomic mass is 9.51. The Bertz CT molecular complexity index is 992. The predicted molar refractivity (Wildman–Crippen MR) is 114 cm³/mol. The molecule has 5 nitrogen and oxygen atoms in total. The second-order valence-electron chi connectivity index (χ2n) is 9.98. The number of Topliss-reactive ketones (excluding diaryl/α,β-unsaturated/α-hetero) is 1. The van der Waals surface area contributed by atoms with Crippen molar-refractivity contribution in [1.82, 2.24) is 14.5 Å². The summed E-state index contributed by atoms with van der Waals surface area (Å²) in [4.78, 5) is 33.3. The van der Waals surface area contributed by atoms with Gasteiger partial charge in [-0.2, -0.15) is 0 Å². The van der Waals surface area contributed by atoms with Gasteiger partial charge in [0.2, 0.25) is 5.91 Å². The molecule has 3 aliphatic carbocycles. The van der Waals surface area contributed by atoms with Gasteiger partial charge in [0.05, 0.1) is 24.3 Å². The molecule has 30 heavy (non-hydrogen) atoms. The molecule has 1 unspecified atom stereocenters. The largest absolute Gasteiger partial charge is 0.342 e. The zero-order valence-corrected chi connectivity index (χ0v) is 17.5. The Kier molecular flexibility index (Phi) is 4.00. The van der Waals surface area contributed by atoms with Crippen LogP contribution in [0, 0.1) is 10.8 Å². The molecule has 2 aliphatic heterocycles. The van der Waals surface area contributed by atoms with Crippen molar-refractivity contribution < 1.29 is 9.59 Å². The third-order valence-corrected chi connectivity index (χ3v) is 8.66. The predicted octanol–water partition coefficient (Wildman–Crippen LogP) is 4.38. The van der Waals surface area contributed by atoms with E-state index in [1.165, 1.54) is 11.1 Å². The van der Waals surface area contributed by atoms with Crippen LogP contribution in [0.25, 0.3) is 11.3 Å².